The molecular formula is C10H16O4. The smallest absolute Gasteiger partial charge is 0.128 e. The molecule has 0 aromatic rings. The van der Waals surface area contributed by atoms with E-state index in [-0.39, 0.29) is 18.4 Å². The number of aliphatic hydroxyl groups excluding tert-OH is 1. The van der Waals surface area contributed by atoms with Gasteiger partial charge in [-0.3, -0.25) is 0 Å². The molecule has 1 N–H and O–H groups in total. The Hall–Kier alpha value is -0.450. The maximum Gasteiger partial charge on any atom is 0.128 e. The number of hydrogen-bond donors (Lipinski definition) is 1. The van der Waals surface area contributed by atoms with Crippen LogP contribution in [-0.4, -0.2) is 42.4 Å². The zero-order valence-electron chi connectivity index (χ0n) is 8.53. The summed E-state index contributed by atoms with van der Waals surface area (Å²) in [6, 6.07) is 0. The van der Waals surface area contributed by atoms with E-state index in [9.17, 15) is 9.90 Å². The lowest BCUT2D eigenvalue weighted by atomic mass is 9.75. The van der Waals surface area contributed by atoms with Crippen molar-refractivity contribution in [2.75, 3.05) is 19.8 Å². The molecule has 2 aliphatic rings. The van der Waals surface area contributed by atoms with Crippen molar-refractivity contribution in [3.63, 3.8) is 0 Å². The van der Waals surface area contributed by atoms with Gasteiger partial charge in [0, 0.05) is 5.92 Å². The summed E-state index contributed by atoms with van der Waals surface area (Å²) in [7, 11) is 0. The van der Waals surface area contributed by atoms with E-state index in [1.165, 1.54) is 0 Å². The molecule has 0 spiro atoms. The third kappa shape index (κ3) is 0.962. The molecule has 0 bridgehead atoms. The van der Waals surface area contributed by atoms with Crippen molar-refractivity contribution < 1.29 is 19.4 Å². The second kappa shape index (κ2) is 3.02. The SMILES string of the molecule is C[C@]12OC[C@H](C=O)[C@@]1(C)OC[C@@H]2CO. The van der Waals surface area contributed by atoms with Gasteiger partial charge in [-0.2, -0.15) is 0 Å². The molecule has 2 heterocycles. The molecular weight excluding hydrogens is 184 g/mol. The van der Waals surface area contributed by atoms with E-state index < -0.39 is 11.2 Å². The van der Waals surface area contributed by atoms with E-state index in [0.29, 0.717) is 13.2 Å². The Kier molecular flexibility index (Phi) is 2.17. The lowest BCUT2D eigenvalue weighted by Gasteiger charge is -2.35. The number of carbonyl (C=O) groups is 1. The van der Waals surface area contributed by atoms with Gasteiger partial charge in [0.25, 0.3) is 0 Å². The van der Waals surface area contributed by atoms with Crippen LogP contribution in [0.1, 0.15) is 13.8 Å². The van der Waals surface area contributed by atoms with Gasteiger partial charge in [-0.1, -0.05) is 0 Å². The largest absolute Gasteiger partial charge is 0.396 e. The summed E-state index contributed by atoms with van der Waals surface area (Å²) < 4.78 is 11.3. The van der Waals surface area contributed by atoms with Crippen LogP contribution in [0.4, 0.5) is 0 Å². The Labute approximate surface area is 83.2 Å². The molecule has 0 aromatic heterocycles. The highest BCUT2D eigenvalue weighted by Gasteiger charge is 2.64. The first-order chi connectivity index (χ1) is 6.58. The quantitative estimate of drug-likeness (QED) is 0.637. The highest BCUT2D eigenvalue weighted by Crippen LogP contribution is 2.51. The Morgan fingerprint density at radius 1 is 1.36 bits per heavy atom. The number of fused-ring (bicyclic) bond motifs is 1. The van der Waals surface area contributed by atoms with Gasteiger partial charge in [-0.15, -0.1) is 0 Å². The predicted octanol–water partition coefficient (Wildman–Crippen LogP) is -0.0122. The van der Waals surface area contributed by atoms with E-state index in [2.05, 4.69) is 0 Å². The first-order valence-electron chi connectivity index (χ1n) is 4.92. The average molecular weight is 200 g/mol. The maximum absolute atomic E-state index is 10.9. The van der Waals surface area contributed by atoms with Gasteiger partial charge in [-0.05, 0) is 13.8 Å². The Morgan fingerprint density at radius 2 is 2.00 bits per heavy atom. The first kappa shape index (κ1) is 10.1. The average Bonchev–Trinajstić information content (AvgIpc) is 2.55. The van der Waals surface area contributed by atoms with Crippen LogP contribution in [0.3, 0.4) is 0 Å². The molecule has 0 aromatic carbocycles. The number of rotatable bonds is 2. The zero-order valence-corrected chi connectivity index (χ0v) is 8.53. The minimum atomic E-state index is -0.567. The Morgan fingerprint density at radius 3 is 2.57 bits per heavy atom. The van der Waals surface area contributed by atoms with Crippen molar-refractivity contribution in [1.82, 2.24) is 0 Å². The van der Waals surface area contributed by atoms with Crippen molar-refractivity contribution >= 4 is 6.29 Å². The topological polar surface area (TPSA) is 55.8 Å². The van der Waals surface area contributed by atoms with Gasteiger partial charge in [-0.25, -0.2) is 0 Å². The van der Waals surface area contributed by atoms with E-state index >= 15 is 0 Å². The summed E-state index contributed by atoms with van der Waals surface area (Å²) in [6.07, 6.45) is 0.894. The van der Waals surface area contributed by atoms with Crippen LogP contribution in [0.2, 0.25) is 0 Å². The van der Waals surface area contributed by atoms with Crippen LogP contribution in [-0.2, 0) is 14.3 Å². The number of hydrogen-bond acceptors (Lipinski definition) is 4. The van der Waals surface area contributed by atoms with Crippen LogP contribution in [0.25, 0.3) is 0 Å². The van der Waals surface area contributed by atoms with Gasteiger partial charge in [0.1, 0.15) is 17.5 Å². The molecule has 2 aliphatic heterocycles. The highest BCUT2D eigenvalue weighted by molar-refractivity contribution is 5.58. The molecule has 4 atom stereocenters. The Balaban J connectivity index is 2.33. The lowest BCUT2D eigenvalue weighted by Crippen LogP contribution is -2.50. The van der Waals surface area contributed by atoms with Gasteiger partial charge in [0.2, 0.25) is 0 Å². The molecule has 0 saturated carbocycles. The second-order valence-corrected chi connectivity index (χ2v) is 4.46. The third-order valence-electron chi connectivity index (χ3n) is 4.00. The molecule has 2 rings (SSSR count). The zero-order chi connectivity index (χ0) is 10.4. The minimum Gasteiger partial charge on any atom is -0.396 e. The fraction of sp³-hybridized carbons (Fsp3) is 0.900. The van der Waals surface area contributed by atoms with E-state index in [0.717, 1.165) is 6.29 Å². The Bertz CT molecular complexity index is 255. The monoisotopic (exact) mass is 200 g/mol. The summed E-state index contributed by atoms with van der Waals surface area (Å²) in [5.41, 5.74) is -1.09. The summed E-state index contributed by atoms with van der Waals surface area (Å²) in [6.45, 7) is 4.72. The van der Waals surface area contributed by atoms with Crippen molar-refractivity contribution in [2.45, 2.75) is 25.0 Å². The molecule has 0 amide bonds. The molecule has 0 aliphatic carbocycles. The van der Waals surface area contributed by atoms with Gasteiger partial charge in [0.05, 0.1) is 25.7 Å². The minimum absolute atomic E-state index is 0.0301. The fourth-order valence-electron chi connectivity index (χ4n) is 2.54. The van der Waals surface area contributed by atoms with Crippen molar-refractivity contribution in [3.05, 3.63) is 0 Å². The van der Waals surface area contributed by atoms with Gasteiger partial charge < -0.3 is 19.4 Å². The van der Waals surface area contributed by atoms with Crippen LogP contribution in [0, 0.1) is 11.8 Å². The molecule has 14 heavy (non-hydrogen) atoms. The number of ether oxygens (including phenoxy) is 2. The molecule has 4 heteroatoms. The van der Waals surface area contributed by atoms with Gasteiger partial charge >= 0.3 is 0 Å². The number of aldehydes is 1. The molecule has 2 saturated heterocycles. The van der Waals surface area contributed by atoms with E-state index in [1.807, 2.05) is 13.8 Å². The fourth-order valence-corrected chi connectivity index (χ4v) is 2.54. The van der Waals surface area contributed by atoms with E-state index in [1.54, 1.807) is 0 Å². The highest BCUT2D eigenvalue weighted by atomic mass is 16.6. The maximum atomic E-state index is 10.9. The molecule has 0 unspecified atom stereocenters. The number of carbonyl (C=O) groups excluding carboxylic acids is 1. The van der Waals surface area contributed by atoms with Crippen molar-refractivity contribution in [1.29, 1.82) is 0 Å². The van der Waals surface area contributed by atoms with Crippen LogP contribution in [0.5, 0.6) is 0 Å². The standard InChI is InChI=1S/C10H16O4/c1-9-7(3-11)5-14-10(9,2)8(4-12)6-13-9/h3,7-8,12H,4-6H2,1-2H3/t7-,8-,9+,10+/m0/s1. The molecule has 2 fully saturated rings. The number of aliphatic hydroxyl groups is 1. The third-order valence-corrected chi connectivity index (χ3v) is 4.00. The molecule has 0 radical (unpaired) electrons. The summed E-state index contributed by atoms with van der Waals surface area (Å²) >= 11 is 0. The first-order valence-corrected chi connectivity index (χ1v) is 4.92. The summed E-state index contributed by atoms with van der Waals surface area (Å²) in [4.78, 5) is 10.9. The second-order valence-electron chi connectivity index (χ2n) is 4.46. The van der Waals surface area contributed by atoms with Crippen LogP contribution in [0.15, 0.2) is 0 Å². The van der Waals surface area contributed by atoms with Crippen LogP contribution < -0.4 is 0 Å². The predicted molar refractivity (Wildman–Crippen MR) is 48.8 cm³/mol. The molecule has 80 valence electrons. The van der Waals surface area contributed by atoms with Crippen molar-refractivity contribution in [3.8, 4) is 0 Å². The normalized spacial score (nSPS) is 51.9. The molecule has 4 nitrogen and oxygen atoms in total. The lowest BCUT2D eigenvalue weighted by molar-refractivity contribution is -0.120. The van der Waals surface area contributed by atoms with E-state index in [4.69, 9.17) is 9.47 Å². The summed E-state index contributed by atoms with van der Waals surface area (Å²) in [5, 5.41) is 9.20. The van der Waals surface area contributed by atoms with Crippen molar-refractivity contribution in [2.24, 2.45) is 11.8 Å². The van der Waals surface area contributed by atoms with Crippen LogP contribution >= 0.6 is 0 Å². The van der Waals surface area contributed by atoms with Gasteiger partial charge in [0.15, 0.2) is 0 Å². The summed E-state index contributed by atoms with van der Waals surface area (Å²) in [5.74, 6) is -0.249.